The molecule has 0 atom stereocenters. The summed E-state index contributed by atoms with van der Waals surface area (Å²) in [5.74, 6) is 0.195. The number of halogens is 2. The Morgan fingerprint density at radius 3 is 2.58 bits per heavy atom. The average Bonchev–Trinajstić information content (AvgIpc) is 2.04. The van der Waals surface area contributed by atoms with Crippen molar-refractivity contribution in [1.29, 1.82) is 0 Å². The van der Waals surface area contributed by atoms with Gasteiger partial charge in [0.1, 0.15) is 12.0 Å². The summed E-state index contributed by atoms with van der Waals surface area (Å²) in [6, 6.07) is 0. The minimum absolute atomic E-state index is 0.195. The van der Waals surface area contributed by atoms with Gasteiger partial charge in [-0.25, -0.2) is 18.7 Å². The predicted octanol–water partition coefficient (Wildman–Crippen LogP) is 1.73. The van der Waals surface area contributed by atoms with Crippen LogP contribution >= 0.6 is 0 Å². The van der Waals surface area contributed by atoms with Crippen LogP contribution in [0.15, 0.2) is 6.33 Å². The number of rotatable bonds is 2. The zero-order valence-corrected chi connectivity index (χ0v) is 6.71. The quantitative estimate of drug-likeness (QED) is 0.684. The second-order valence-corrected chi connectivity index (χ2v) is 2.19. The first kappa shape index (κ1) is 8.83. The van der Waals surface area contributed by atoms with E-state index in [2.05, 4.69) is 9.97 Å². The van der Waals surface area contributed by atoms with Crippen LogP contribution in [-0.2, 0) is 0 Å². The largest absolute Gasteiger partial charge is 0.481 e. The van der Waals surface area contributed by atoms with Gasteiger partial charge in [0.25, 0.3) is 6.43 Å². The van der Waals surface area contributed by atoms with Crippen molar-refractivity contribution in [3.8, 4) is 5.88 Å². The molecule has 0 unspecified atom stereocenters. The summed E-state index contributed by atoms with van der Waals surface area (Å²) in [5, 5.41) is 0. The van der Waals surface area contributed by atoms with Crippen molar-refractivity contribution in [1.82, 2.24) is 9.97 Å². The van der Waals surface area contributed by atoms with Gasteiger partial charge in [0.05, 0.1) is 7.11 Å². The van der Waals surface area contributed by atoms with Gasteiger partial charge in [-0.1, -0.05) is 0 Å². The first-order chi connectivity index (χ1) is 5.66. The molecule has 12 heavy (non-hydrogen) atoms. The predicted molar refractivity (Wildman–Crippen MR) is 38.3 cm³/mol. The maximum atomic E-state index is 12.2. The van der Waals surface area contributed by atoms with Crippen LogP contribution in [-0.4, -0.2) is 17.1 Å². The molecular weight excluding hydrogens is 166 g/mol. The number of aromatic nitrogens is 2. The van der Waals surface area contributed by atoms with Gasteiger partial charge in [0, 0.05) is 5.56 Å². The molecule has 1 aromatic rings. The molecule has 0 spiro atoms. The molecule has 0 aliphatic rings. The van der Waals surface area contributed by atoms with Crippen molar-refractivity contribution in [3.63, 3.8) is 0 Å². The fourth-order valence-corrected chi connectivity index (χ4v) is 0.873. The van der Waals surface area contributed by atoms with E-state index in [0.29, 0.717) is 0 Å². The van der Waals surface area contributed by atoms with E-state index in [1.165, 1.54) is 14.0 Å². The Morgan fingerprint density at radius 1 is 1.42 bits per heavy atom. The summed E-state index contributed by atoms with van der Waals surface area (Å²) in [6.07, 6.45) is -1.52. The highest BCUT2D eigenvalue weighted by Crippen LogP contribution is 2.24. The molecule has 66 valence electrons. The lowest BCUT2D eigenvalue weighted by atomic mass is 10.2. The second kappa shape index (κ2) is 3.42. The van der Waals surface area contributed by atoms with Crippen LogP contribution in [0.5, 0.6) is 5.88 Å². The van der Waals surface area contributed by atoms with Crippen LogP contribution < -0.4 is 4.74 Å². The van der Waals surface area contributed by atoms with Crippen molar-refractivity contribution in [2.75, 3.05) is 7.11 Å². The SMILES string of the molecule is COc1ncnc(C(F)F)c1C. The standard InChI is InChI=1S/C7H8F2N2O/c1-4-5(6(8)9)10-3-11-7(4)12-2/h3,6H,1-2H3. The third-order valence-corrected chi connectivity index (χ3v) is 1.48. The topological polar surface area (TPSA) is 35.0 Å². The molecular formula is C7H8F2N2O. The lowest BCUT2D eigenvalue weighted by Gasteiger charge is -2.06. The molecule has 0 radical (unpaired) electrons. The highest BCUT2D eigenvalue weighted by Gasteiger charge is 2.15. The highest BCUT2D eigenvalue weighted by atomic mass is 19.3. The van der Waals surface area contributed by atoms with Crippen LogP contribution in [0.25, 0.3) is 0 Å². The highest BCUT2D eigenvalue weighted by molar-refractivity contribution is 5.28. The van der Waals surface area contributed by atoms with E-state index in [1.54, 1.807) is 0 Å². The maximum absolute atomic E-state index is 12.2. The van der Waals surface area contributed by atoms with Crippen molar-refractivity contribution in [2.24, 2.45) is 0 Å². The van der Waals surface area contributed by atoms with Crippen molar-refractivity contribution >= 4 is 0 Å². The molecule has 1 aromatic heterocycles. The first-order valence-electron chi connectivity index (χ1n) is 3.30. The van der Waals surface area contributed by atoms with E-state index in [-0.39, 0.29) is 17.1 Å². The Bertz CT molecular complexity index is 278. The van der Waals surface area contributed by atoms with E-state index in [9.17, 15) is 8.78 Å². The van der Waals surface area contributed by atoms with Crippen LogP contribution in [0.2, 0.25) is 0 Å². The summed E-state index contributed by atoms with van der Waals surface area (Å²) < 4.78 is 29.1. The molecule has 0 amide bonds. The van der Waals surface area contributed by atoms with Crippen LogP contribution in [0, 0.1) is 6.92 Å². The molecule has 0 fully saturated rings. The summed E-state index contributed by atoms with van der Waals surface area (Å²) in [7, 11) is 1.38. The van der Waals surface area contributed by atoms with E-state index in [0.717, 1.165) is 6.33 Å². The third-order valence-electron chi connectivity index (χ3n) is 1.48. The lowest BCUT2D eigenvalue weighted by Crippen LogP contribution is -1.99. The molecule has 3 nitrogen and oxygen atoms in total. The van der Waals surface area contributed by atoms with Crippen LogP contribution in [0.1, 0.15) is 17.7 Å². The number of hydrogen-bond donors (Lipinski definition) is 0. The fourth-order valence-electron chi connectivity index (χ4n) is 0.873. The number of hydrogen-bond acceptors (Lipinski definition) is 3. The fraction of sp³-hybridized carbons (Fsp3) is 0.429. The molecule has 0 N–H and O–H groups in total. The zero-order chi connectivity index (χ0) is 9.14. The number of nitrogens with zero attached hydrogens (tertiary/aromatic N) is 2. The maximum Gasteiger partial charge on any atom is 0.280 e. The monoisotopic (exact) mass is 174 g/mol. The number of ether oxygens (including phenoxy) is 1. The molecule has 0 aliphatic carbocycles. The van der Waals surface area contributed by atoms with Gasteiger partial charge >= 0.3 is 0 Å². The molecule has 0 bridgehead atoms. The molecule has 0 saturated heterocycles. The normalized spacial score (nSPS) is 10.4. The van der Waals surface area contributed by atoms with E-state index in [4.69, 9.17) is 4.74 Å². The Hall–Kier alpha value is -1.26. The van der Waals surface area contributed by atoms with Gasteiger partial charge in [0.15, 0.2) is 0 Å². The second-order valence-electron chi connectivity index (χ2n) is 2.19. The van der Waals surface area contributed by atoms with Crippen molar-refractivity contribution in [2.45, 2.75) is 13.3 Å². The minimum atomic E-state index is -2.58. The van der Waals surface area contributed by atoms with Gasteiger partial charge < -0.3 is 4.74 Å². The van der Waals surface area contributed by atoms with Gasteiger partial charge in [-0.05, 0) is 6.92 Å². The van der Waals surface area contributed by atoms with Crippen molar-refractivity contribution in [3.05, 3.63) is 17.6 Å². The molecule has 5 heteroatoms. The van der Waals surface area contributed by atoms with Crippen LogP contribution in [0.3, 0.4) is 0 Å². The van der Waals surface area contributed by atoms with E-state index < -0.39 is 6.43 Å². The summed E-state index contributed by atoms with van der Waals surface area (Å²) >= 11 is 0. The Kier molecular flexibility index (Phi) is 2.52. The summed E-state index contributed by atoms with van der Waals surface area (Å²) in [6.45, 7) is 1.50. The minimum Gasteiger partial charge on any atom is -0.481 e. The zero-order valence-electron chi connectivity index (χ0n) is 6.71. The van der Waals surface area contributed by atoms with Gasteiger partial charge in [-0.3, -0.25) is 0 Å². The third kappa shape index (κ3) is 1.49. The van der Waals surface area contributed by atoms with E-state index >= 15 is 0 Å². The number of alkyl halides is 2. The van der Waals surface area contributed by atoms with Gasteiger partial charge in [-0.15, -0.1) is 0 Å². The van der Waals surface area contributed by atoms with Gasteiger partial charge in [0.2, 0.25) is 5.88 Å². The van der Waals surface area contributed by atoms with Crippen LogP contribution in [0.4, 0.5) is 8.78 Å². The average molecular weight is 174 g/mol. The summed E-state index contributed by atoms with van der Waals surface area (Å²) in [5.41, 5.74) is 0.0110. The molecule has 0 aliphatic heterocycles. The van der Waals surface area contributed by atoms with E-state index in [1.807, 2.05) is 0 Å². The molecule has 1 rings (SSSR count). The summed E-state index contributed by atoms with van der Waals surface area (Å²) in [4.78, 5) is 7.12. The molecule has 0 saturated carbocycles. The molecule has 1 heterocycles. The van der Waals surface area contributed by atoms with Gasteiger partial charge in [-0.2, -0.15) is 0 Å². The first-order valence-corrected chi connectivity index (χ1v) is 3.30. The lowest BCUT2D eigenvalue weighted by molar-refractivity contribution is 0.144. The molecule has 0 aromatic carbocycles. The smallest absolute Gasteiger partial charge is 0.280 e. The Labute approximate surface area is 68.4 Å². The Balaban J connectivity index is 3.14. The Morgan fingerprint density at radius 2 is 2.08 bits per heavy atom. The van der Waals surface area contributed by atoms with Crippen molar-refractivity contribution < 1.29 is 13.5 Å². The number of methoxy groups -OCH3 is 1.